The molecule has 3 rings (SSSR count). The maximum Gasteiger partial charge on any atom is 0.340 e. The minimum absolute atomic E-state index is 0.295. The molecule has 2 N–H and O–H groups in total. The predicted octanol–water partition coefficient (Wildman–Crippen LogP) is 4.13. The number of carbonyl (C=O) groups excluding carboxylic acids is 2. The highest BCUT2D eigenvalue weighted by Crippen LogP contribution is 2.18. The molecule has 1 amide bonds. The van der Waals surface area contributed by atoms with E-state index in [-0.39, 0.29) is 0 Å². The van der Waals surface area contributed by atoms with Crippen LogP contribution in [-0.4, -0.2) is 18.5 Å². The Morgan fingerprint density at radius 2 is 1.89 bits per heavy atom. The number of furan rings is 1. The first-order valence-electron chi connectivity index (χ1n) is 8.61. The van der Waals surface area contributed by atoms with Crippen LogP contribution in [0.25, 0.3) is 0 Å². The van der Waals surface area contributed by atoms with Crippen LogP contribution in [0.5, 0.6) is 0 Å². The third kappa shape index (κ3) is 4.97. The van der Waals surface area contributed by atoms with Crippen molar-refractivity contribution in [3.05, 3.63) is 83.6 Å². The Hall–Kier alpha value is -3.61. The summed E-state index contributed by atoms with van der Waals surface area (Å²) < 4.78 is 23.7. The Kier molecular flexibility index (Phi) is 6.06. The average molecular weight is 382 g/mol. The fraction of sp³-hybridized carbons (Fsp3) is 0.143. The van der Waals surface area contributed by atoms with Gasteiger partial charge in [0.25, 0.3) is 5.91 Å². The summed E-state index contributed by atoms with van der Waals surface area (Å²) in [5.41, 5.74) is 1.89. The Morgan fingerprint density at radius 3 is 2.68 bits per heavy atom. The zero-order valence-electron chi connectivity index (χ0n) is 15.2. The van der Waals surface area contributed by atoms with Crippen molar-refractivity contribution in [3.8, 4) is 0 Å². The fourth-order valence-corrected chi connectivity index (χ4v) is 2.53. The molecule has 0 aliphatic heterocycles. The third-order valence-corrected chi connectivity index (χ3v) is 3.99. The van der Waals surface area contributed by atoms with Gasteiger partial charge in [0.15, 0.2) is 6.61 Å². The van der Waals surface area contributed by atoms with Crippen LogP contribution in [0.15, 0.2) is 65.3 Å². The molecule has 0 unspecified atom stereocenters. The molecule has 0 radical (unpaired) electrons. The van der Waals surface area contributed by atoms with Gasteiger partial charge in [0.05, 0.1) is 18.4 Å². The Morgan fingerprint density at radius 1 is 1.07 bits per heavy atom. The molecule has 0 atom stereocenters. The number of esters is 1. The van der Waals surface area contributed by atoms with Crippen molar-refractivity contribution in [1.82, 2.24) is 0 Å². The van der Waals surface area contributed by atoms with E-state index in [1.807, 2.05) is 6.07 Å². The number of anilines is 2. The lowest BCUT2D eigenvalue weighted by molar-refractivity contribution is -0.119. The maximum atomic E-state index is 13.3. The highest BCUT2D eigenvalue weighted by molar-refractivity contribution is 5.98. The maximum absolute atomic E-state index is 13.3. The number of hydrogen-bond acceptors (Lipinski definition) is 5. The molecule has 0 aliphatic rings. The van der Waals surface area contributed by atoms with E-state index >= 15 is 0 Å². The number of benzene rings is 2. The van der Waals surface area contributed by atoms with E-state index in [0.717, 1.165) is 0 Å². The monoisotopic (exact) mass is 382 g/mol. The molecular weight excluding hydrogens is 363 g/mol. The van der Waals surface area contributed by atoms with Gasteiger partial charge < -0.3 is 19.8 Å². The Labute approximate surface area is 161 Å². The van der Waals surface area contributed by atoms with Gasteiger partial charge in [-0.15, -0.1) is 0 Å². The quantitative estimate of drug-likeness (QED) is 0.601. The van der Waals surface area contributed by atoms with Crippen LogP contribution >= 0.6 is 0 Å². The van der Waals surface area contributed by atoms with E-state index in [4.69, 9.17) is 9.15 Å². The van der Waals surface area contributed by atoms with Crippen molar-refractivity contribution >= 4 is 23.3 Å². The number of ether oxygens (including phenoxy) is 1. The molecule has 7 heteroatoms. The summed E-state index contributed by atoms with van der Waals surface area (Å²) in [6.45, 7) is 1.65. The van der Waals surface area contributed by atoms with Gasteiger partial charge >= 0.3 is 5.97 Å². The van der Waals surface area contributed by atoms with Gasteiger partial charge in [-0.3, -0.25) is 4.79 Å². The van der Waals surface area contributed by atoms with E-state index in [1.165, 1.54) is 12.1 Å². The number of rotatable bonds is 7. The van der Waals surface area contributed by atoms with Gasteiger partial charge in [-0.2, -0.15) is 0 Å². The second kappa shape index (κ2) is 8.85. The minimum Gasteiger partial charge on any atom is -0.467 e. The predicted molar refractivity (Wildman–Crippen MR) is 103 cm³/mol. The van der Waals surface area contributed by atoms with Crippen LogP contribution in [0.1, 0.15) is 21.7 Å². The van der Waals surface area contributed by atoms with E-state index in [1.54, 1.807) is 49.6 Å². The molecule has 0 saturated heterocycles. The first kappa shape index (κ1) is 19.2. The van der Waals surface area contributed by atoms with E-state index < -0.39 is 24.3 Å². The Bertz CT molecular complexity index is 970. The number of amides is 1. The summed E-state index contributed by atoms with van der Waals surface area (Å²) in [6.07, 6.45) is 1.57. The molecule has 0 saturated carbocycles. The van der Waals surface area contributed by atoms with Crippen molar-refractivity contribution in [3.63, 3.8) is 0 Å². The van der Waals surface area contributed by atoms with Crippen molar-refractivity contribution in [1.29, 1.82) is 0 Å². The van der Waals surface area contributed by atoms with Crippen molar-refractivity contribution < 1.29 is 23.1 Å². The summed E-state index contributed by atoms with van der Waals surface area (Å²) in [5, 5.41) is 5.63. The number of hydrogen-bond donors (Lipinski definition) is 2. The zero-order valence-corrected chi connectivity index (χ0v) is 15.2. The van der Waals surface area contributed by atoms with Crippen LogP contribution in [0.3, 0.4) is 0 Å². The van der Waals surface area contributed by atoms with E-state index in [9.17, 15) is 14.0 Å². The summed E-state index contributed by atoms with van der Waals surface area (Å²) in [5.74, 6) is -0.945. The molecule has 3 aromatic rings. The van der Waals surface area contributed by atoms with E-state index in [0.29, 0.717) is 34.8 Å². The largest absolute Gasteiger partial charge is 0.467 e. The molecule has 28 heavy (non-hydrogen) atoms. The number of nitrogens with one attached hydrogen (secondary N) is 2. The standard InChI is InChI=1S/C21H19FN2O4/c1-14-8-9-15(22)11-19(14)24-20(25)13-28-21(26)17-6-2-3-7-18(17)23-12-16-5-4-10-27-16/h2-11,23H,12-13H2,1H3,(H,24,25). The molecule has 144 valence electrons. The van der Waals surface area contributed by atoms with Crippen LogP contribution in [-0.2, 0) is 16.1 Å². The van der Waals surface area contributed by atoms with Gasteiger partial charge in [0.1, 0.15) is 11.6 Å². The second-order valence-electron chi connectivity index (χ2n) is 6.06. The summed E-state index contributed by atoms with van der Waals surface area (Å²) in [4.78, 5) is 24.4. The van der Waals surface area contributed by atoms with Crippen molar-refractivity contribution in [2.75, 3.05) is 17.2 Å². The molecule has 1 aromatic heterocycles. The van der Waals surface area contributed by atoms with Gasteiger partial charge in [0, 0.05) is 11.4 Å². The second-order valence-corrected chi connectivity index (χ2v) is 6.06. The lowest BCUT2D eigenvalue weighted by atomic mass is 10.2. The summed E-state index contributed by atoms with van der Waals surface area (Å²) in [6, 6.07) is 14.5. The molecule has 2 aromatic carbocycles. The summed E-state index contributed by atoms with van der Waals surface area (Å²) in [7, 11) is 0. The van der Waals surface area contributed by atoms with Crippen molar-refractivity contribution in [2.24, 2.45) is 0 Å². The normalized spacial score (nSPS) is 10.4. The van der Waals surface area contributed by atoms with Crippen molar-refractivity contribution in [2.45, 2.75) is 13.5 Å². The van der Waals surface area contributed by atoms with Crippen LogP contribution in [0.4, 0.5) is 15.8 Å². The number of para-hydroxylation sites is 1. The van der Waals surface area contributed by atoms with Gasteiger partial charge in [-0.1, -0.05) is 18.2 Å². The minimum atomic E-state index is -0.645. The van der Waals surface area contributed by atoms with Gasteiger partial charge in [-0.05, 0) is 48.9 Å². The van der Waals surface area contributed by atoms with Gasteiger partial charge in [-0.25, -0.2) is 9.18 Å². The van der Waals surface area contributed by atoms with Crippen LogP contribution < -0.4 is 10.6 Å². The topological polar surface area (TPSA) is 80.6 Å². The lowest BCUT2D eigenvalue weighted by Gasteiger charge is -2.12. The number of aryl methyl sites for hydroxylation is 1. The highest BCUT2D eigenvalue weighted by atomic mass is 19.1. The highest BCUT2D eigenvalue weighted by Gasteiger charge is 2.15. The lowest BCUT2D eigenvalue weighted by Crippen LogP contribution is -2.22. The first-order valence-corrected chi connectivity index (χ1v) is 8.61. The van der Waals surface area contributed by atoms with E-state index in [2.05, 4.69) is 10.6 Å². The smallest absolute Gasteiger partial charge is 0.340 e. The molecule has 6 nitrogen and oxygen atoms in total. The first-order chi connectivity index (χ1) is 13.5. The van der Waals surface area contributed by atoms with Crippen LogP contribution in [0.2, 0.25) is 0 Å². The third-order valence-electron chi connectivity index (χ3n) is 3.99. The molecule has 0 fully saturated rings. The molecule has 0 spiro atoms. The SMILES string of the molecule is Cc1ccc(F)cc1NC(=O)COC(=O)c1ccccc1NCc1ccco1. The molecular formula is C21H19FN2O4. The average Bonchev–Trinajstić information content (AvgIpc) is 3.21. The van der Waals surface area contributed by atoms with Gasteiger partial charge in [0.2, 0.25) is 0 Å². The fourth-order valence-electron chi connectivity index (χ4n) is 2.53. The zero-order chi connectivity index (χ0) is 19.9. The Balaban J connectivity index is 1.58. The summed E-state index contributed by atoms with van der Waals surface area (Å²) >= 11 is 0. The number of halogens is 1. The molecule has 1 heterocycles. The number of carbonyl (C=O) groups is 2. The molecule has 0 bridgehead atoms. The van der Waals surface area contributed by atoms with Crippen LogP contribution in [0, 0.1) is 12.7 Å². The molecule has 0 aliphatic carbocycles.